The molecule has 10 nitrogen and oxygen atoms in total. The van der Waals surface area contributed by atoms with Gasteiger partial charge >= 0.3 is 0 Å². The standard InChI is InChI=1S/C35H39N5O5/c1-38-13-11-35(21-38)16-25(20-44-35)30-7-3-23-14-22(2-6-29(23)36-30)17-39-12-10-27(19-39)45-26-4-5-28-24(15-26)18-40(34(28)43)31-8-9-32(41)37-33(31)42/h2-7,14-15,25,27,31H,8-13,16-21H2,1H3,(H,37,41,42)/t25-,27-,31-,35-/m0/s1. The van der Waals surface area contributed by atoms with Crippen molar-refractivity contribution in [2.75, 3.05) is 39.8 Å². The zero-order chi connectivity index (χ0) is 30.7. The van der Waals surface area contributed by atoms with Gasteiger partial charge in [-0.25, -0.2) is 0 Å². The molecule has 0 saturated carbocycles. The number of piperidine rings is 1. The predicted octanol–water partition coefficient (Wildman–Crippen LogP) is 3.23. The summed E-state index contributed by atoms with van der Waals surface area (Å²) in [6, 6.07) is 16.0. The van der Waals surface area contributed by atoms with Gasteiger partial charge in [0.1, 0.15) is 17.9 Å². The van der Waals surface area contributed by atoms with Crippen LogP contribution in [0.5, 0.6) is 5.75 Å². The molecule has 1 spiro atoms. The summed E-state index contributed by atoms with van der Waals surface area (Å²) in [5.41, 5.74) is 4.90. The highest BCUT2D eigenvalue weighted by molar-refractivity contribution is 6.05. The average molecular weight is 610 g/mol. The number of hydrogen-bond acceptors (Lipinski definition) is 8. The van der Waals surface area contributed by atoms with Crippen LogP contribution < -0.4 is 10.1 Å². The molecule has 0 bridgehead atoms. The number of benzene rings is 2. The van der Waals surface area contributed by atoms with Crippen LogP contribution in [0.1, 0.15) is 65.2 Å². The number of amides is 3. The fourth-order valence-electron chi connectivity index (χ4n) is 7.99. The van der Waals surface area contributed by atoms with Crippen molar-refractivity contribution in [2.24, 2.45) is 0 Å². The molecule has 1 N–H and O–H groups in total. The van der Waals surface area contributed by atoms with E-state index in [1.54, 1.807) is 11.0 Å². The maximum atomic E-state index is 13.0. The van der Waals surface area contributed by atoms with E-state index in [1.807, 2.05) is 12.1 Å². The van der Waals surface area contributed by atoms with Crippen LogP contribution in [0.25, 0.3) is 10.9 Å². The molecule has 0 aliphatic carbocycles. The van der Waals surface area contributed by atoms with E-state index in [2.05, 4.69) is 52.5 Å². The van der Waals surface area contributed by atoms with Crippen molar-refractivity contribution >= 4 is 28.6 Å². The molecule has 4 fully saturated rings. The Morgan fingerprint density at radius 3 is 2.82 bits per heavy atom. The van der Waals surface area contributed by atoms with Crippen LogP contribution in [0.2, 0.25) is 0 Å². The summed E-state index contributed by atoms with van der Waals surface area (Å²) in [6.07, 6.45) is 3.75. The first kappa shape index (κ1) is 28.6. The molecule has 2 aromatic carbocycles. The number of aromatic nitrogens is 1. The number of rotatable bonds is 6. The number of pyridine rings is 1. The minimum Gasteiger partial charge on any atom is -0.489 e. The first-order chi connectivity index (χ1) is 21.8. The number of carbonyl (C=O) groups excluding carboxylic acids is 3. The van der Waals surface area contributed by atoms with Crippen molar-refractivity contribution in [1.29, 1.82) is 0 Å². The van der Waals surface area contributed by atoms with Crippen LogP contribution in [-0.2, 0) is 27.4 Å². The molecular weight excluding hydrogens is 570 g/mol. The van der Waals surface area contributed by atoms with Crippen LogP contribution in [0.4, 0.5) is 0 Å². The first-order valence-corrected chi connectivity index (χ1v) is 16.2. The van der Waals surface area contributed by atoms with Gasteiger partial charge < -0.3 is 19.3 Å². The van der Waals surface area contributed by atoms with Gasteiger partial charge in [-0.15, -0.1) is 0 Å². The Hall–Kier alpha value is -3.86. The monoisotopic (exact) mass is 609 g/mol. The number of imide groups is 1. The Morgan fingerprint density at radius 2 is 1.98 bits per heavy atom. The van der Waals surface area contributed by atoms with Crippen LogP contribution >= 0.6 is 0 Å². The molecule has 5 aliphatic heterocycles. The zero-order valence-electron chi connectivity index (χ0n) is 25.7. The van der Waals surface area contributed by atoms with Gasteiger partial charge in [0.05, 0.1) is 17.7 Å². The lowest BCUT2D eigenvalue weighted by Crippen LogP contribution is -2.52. The van der Waals surface area contributed by atoms with Crippen molar-refractivity contribution in [3.05, 3.63) is 70.9 Å². The predicted molar refractivity (Wildman–Crippen MR) is 167 cm³/mol. The van der Waals surface area contributed by atoms with Crippen molar-refractivity contribution in [1.82, 2.24) is 25.0 Å². The fourth-order valence-corrected chi connectivity index (χ4v) is 7.99. The smallest absolute Gasteiger partial charge is 0.255 e. The van der Waals surface area contributed by atoms with Gasteiger partial charge in [0, 0.05) is 68.3 Å². The second kappa shape index (κ2) is 11.2. The number of likely N-dealkylation sites (N-methyl/N-ethyl adjacent to an activating group) is 1. The molecule has 0 radical (unpaired) electrons. The van der Waals surface area contributed by atoms with Gasteiger partial charge in [-0.05, 0) is 80.3 Å². The van der Waals surface area contributed by atoms with E-state index in [1.165, 1.54) is 5.56 Å². The molecule has 45 heavy (non-hydrogen) atoms. The lowest BCUT2D eigenvalue weighted by Gasteiger charge is -2.29. The number of fused-ring (bicyclic) bond motifs is 2. The summed E-state index contributed by atoms with van der Waals surface area (Å²) in [5, 5.41) is 3.52. The minimum absolute atomic E-state index is 0.00963. The summed E-state index contributed by atoms with van der Waals surface area (Å²) in [6.45, 7) is 5.85. The molecular formula is C35H39N5O5. The first-order valence-electron chi connectivity index (χ1n) is 16.2. The molecule has 3 amide bonds. The maximum absolute atomic E-state index is 13.0. The Balaban J connectivity index is 0.871. The average Bonchev–Trinajstić information content (AvgIpc) is 3.81. The van der Waals surface area contributed by atoms with Gasteiger partial charge in [0.15, 0.2) is 0 Å². The second-order valence-electron chi connectivity index (χ2n) is 13.6. The topological polar surface area (TPSA) is 104 Å². The highest BCUT2D eigenvalue weighted by Gasteiger charge is 2.45. The Labute approximate surface area is 262 Å². The number of carbonyl (C=O) groups is 3. The number of hydrogen-bond donors (Lipinski definition) is 1. The van der Waals surface area contributed by atoms with E-state index < -0.39 is 11.9 Å². The molecule has 4 saturated heterocycles. The van der Waals surface area contributed by atoms with Crippen molar-refractivity contribution in [2.45, 2.75) is 68.9 Å². The van der Waals surface area contributed by atoms with E-state index in [9.17, 15) is 14.4 Å². The molecule has 3 aromatic rings. The molecule has 1 aromatic heterocycles. The molecule has 4 atom stereocenters. The van der Waals surface area contributed by atoms with Gasteiger partial charge in [-0.3, -0.25) is 29.6 Å². The molecule has 234 valence electrons. The summed E-state index contributed by atoms with van der Waals surface area (Å²) in [7, 11) is 2.17. The Kier molecular flexibility index (Phi) is 7.11. The third-order valence-electron chi connectivity index (χ3n) is 10.3. The maximum Gasteiger partial charge on any atom is 0.255 e. The van der Waals surface area contributed by atoms with Gasteiger partial charge in [0.25, 0.3) is 5.91 Å². The highest BCUT2D eigenvalue weighted by atomic mass is 16.5. The van der Waals surface area contributed by atoms with E-state index in [0.717, 1.165) is 86.5 Å². The van der Waals surface area contributed by atoms with Crippen LogP contribution in [0.3, 0.4) is 0 Å². The van der Waals surface area contributed by atoms with Gasteiger partial charge in [0.2, 0.25) is 11.8 Å². The number of ether oxygens (including phenoxy) is 2. The molecule has 6 heterocycles. The minimum atomic E-state index is -0.614. The molecule has 5 aliphatic rings. The van der Waals surface area contributed by atoms with Crippen LogP contribution in [-0.4, -0.2) is 95.0 Å². The van der Waals surface area contributed by atoms with E-state index in [-0.39, 0.29) is 29.9 Å². The van der Waals surface area contributed by atoms with Crippen LogP contribution in [0, 0.1) is 0 Å². The van der Waals surface area contributed by atoms with Crippen LogP contribution in [0.15, 0.2) is 48.5 Å². The highest BCUT2D eigenvalue weighted by Crippen LogP contribution is 2.41. The Bertz CT molecular complexity index is 1690. The summed E-state index contributed by atoms with van der Waals surface area (Å²) < 4.78 is 12.7. The lowest BCUT2D eigenvalue weighted by atomic mass is 9.91. The number of nitrogens with zero attached hydrogens (tertiary/aromatic N) is 4. The van der Waals surface area contributed by atoms with Crippen molar-refractivity contribution in [3.8, 4) is 5.75 Å². The quantitative estimate of drug-likeness (QED) is 0.425. The summed E-state index contributed by atoms with van der Waals surface area (Å²) in [4.78, 5) is 48.3. The van der Waals surface area contributed by atoms with E-state index >= 15 is 0 Å². The largest absolute Gasteiger partial charge is 0.489 e. The van der Waals surface area contributed by atoms with Gasteiger partial charge in [-0.2, -0.15) is 0 Å². The van der Waals surface area contributed by atoms with E-state index in [4.69, 9.17) is 14.5 Å². The Morgan fingerprint density at radius 1 is 1.07 bits per heavy atom. The fraction of sp³-hybridized carbons (Fsp3) is 0.486. The number of nitrogens with one attached hydrogen (secondary N) is 1. The lowest BCUT2D eigenvalue weighted by molar-refractivity contribution is -0.136. The SMILES string of the molecule is CN1CC[C@]2(C[C@H](c3ccc4cc(CN5CC[C@H](Oc6ccc7c(c6)CN([C@H]6CCC(=O)NC6=O)C7=O)C5)ccc4n3)CO2)C1. The third kappa shape index (κ3) is 5.49. The normalized spacial score (nSPS) is 28.9. The van der Waals surface area contributed by atoms with Crippen molar-refractivity contribution < 1.29 is 23.9 Å². The zero-order valence-corrected chi connectivity index (χ0v) is 25.7. The van der Waals surface area contributed by atoms with E-state index in [0.29, 0.717) is 24.4 Å². The summed E-state index contributed by atoms with van der Waals surface area (Å²) >= 11 is 0. The summed E-state index contributed by atoms with van der Waals surface area (Å²) in [5.74, 6) is 0.251. The molecule has 8 rings (SSSR count). The van der Waals surface area contributed by atoms with Crippen molar-refractivity contribution in [3.63, 3.8) is 0 Å². The molecule has 10 heteroatoms. The third-order valence-corrected chi connectivity index (χ3v) is 10.3. The second-order valence-corrected chi connectivity index (χ2v) is 13.6. The van der Waals surface area contributed by atoms with Gasteiger partial charge in [-0.1, -0.05) is 12.1 Å². The molecule has 0 unspecified atom stereocenters. The number of likely N-dealkylation sites (tertiary alicyclic amines) is 2.